The summed E-state index contributed by atoms with van der Waals surface area (Å²) in [6.45, 7) is 2.65. The normalized spacial score (nSPS) is 18.9. The first-order chi connectivity index (χ1) is 9.08. The van der Waals surface area contributed by atoms with Crippen LogP contribution >= 0.6 is 11.8 Å². The molecule has 1 aliphatic rings. The van der Waals surface area contributed by atoms with Crippen LogP contribution in [0.25, 0.3) is 0 Å². The number of nitrogens with one attached hydrogen (secondary N) is 2. The minimum atomic E-state index is -0.998. The zero-order valence-corrected chi connectivity index (χ0v) is 11.4. The van der Waals surface area contributed by atoms with Gasteiger partial charge in [-0.25, -0.2) is 4.79 Å². The van der Waals surface area contributed by atoms with Gasteiger partial charge in [0.25, 0.3) is 0 Å². The van der Waals surface area contributed by atoms with Crippen molar-refractivity contribution in [3.05, 3.63) is 29.3 Å². The molecule has 0 saturated carbocycles. The van der Waals surface area contributed by atoms with Crippen molar-refractivity contribution in [3.8, 4) is 0 Å². The number of hydrogen-bond donors (Lipinski definition) is 3. The summed E-state index contributed by atoms with van der Waals surface area (Å²) in [5, 5.41) is 14.9. The average molecular weight is 280 g/mol. The summed E-state index contributed by atoms with van der Waals surface area (Å²) in [6.07, 6.45) is 0. The van der Waals surface area contributed by atoms with Crippen LogP contribution in [0.1, 0.15) is 15.9 Å². The fourth-order valence-electron chi connectivity index (χ4n) is 1.84. The minimum absolute atomic E-state index is 0.113. The molecule has 19 heavy (non-hydrogen) atoms. The van der Waals surface area contributed by atoms with Crippen molar-refractivity contribution in [1.82, 2.24) is 5.32 Å². The van der Waals surface area contributed by atoms with Crippen molar-refractivity contribution >= 4 is 29.3 Å². The molecule has 0 radical (unpaired) electrons. The van der Waals surface area contributed by atoms with Gasteiger partial charge in [0, 0.05) is 23.7 Å². The molecule has 6 heteroatoms. The van der Waals surface area contributed by atoms with E-state index in [4.69, 9.17) is 5.11 Å². The number of aryl methyl sites for hydroxylation is 1. The molecule has 1 atom stereocenters. The zero-order chi connectivity index (χ0) is 13.8. The highest BCUT2D eigenvalue weighted by atomic mass is 32.2. The molecule has 1 fully saturated rings. The summed E-state index contributed by atoms with van der Waals surface area (Å²) in [7, 11) is 0. The van der Waals surface area contributed by atoms with Gasteiger partial charge >= 0.3 is 5.97 Å². The lowest BCUT2D eigenvalue weighted by Gasteiger charge is -2.22. The Kier molecular flexibility index (Phi) is 4.44. The second kappa shape index (κ2) is 6.08. The second-order valence-electron chi connectivity index (χ2n) is 4.41. The highest BCUT2D eigenvalue weighted by Gasteiger charge is 2.21. The van der Waals surface area contributed by atoms with Gasteiger partial charge in [-0.05, 0) is 24.6 Å². The smallest absolute Gasteiger partial charge is 0.335 e. The lowest BCUT2D eigenvalue weighted by atomic mass is 10.1. The first kappa shape index (κ1) is 13.9. The van der Waals surface area contributed by atoms with Gasteiger partial charge < -0.3 is 15.7 Å². The van der Waals surface area contributed by atoms with E-state index in [2.05, 4.69) is 10.6 Å². The molecule has 1 unspecified atom stereocenters. The van der Waals surface area contributed by atoms with E-state index in [1.54, 1.807) is 17.8 Å². The summed E-state index contributed by atoms with van der Waals surface area (Å²) in [4.78, 5) is 23.0. The second-order valence-corrected chi connectivity index (χ2v) is 5.56. The Morgan fingerprint density at radius 2 is 2.26 bits per heavy atom. The Labute approximate surface area is 115 Å². The number of rotatable bonds is 3. The van der Waals surface area contributed by atoms with Crippen molar-refractivity contribution in [2.24, 2.45) is 0 Å². The minimum Gasteiger partial charge on any atom is -0.478 e. The van der Waals surface area contributed by atoms with Gasteiger partial charge in [0.15, 0.2) is 0 Å². The molecule has 0 aromatic heterocycles. The topological polar surface area (TPSA) is 78.4 Å². The molecule has 1 amide bonds. The Morgan fingerprint density at radius 1 is 1.47 bits per heavy atom. The van der Waals surface area contributed by atoms with Crippen LogP contribution in [0.15, 0.2) is 18.2 Å². The molecule has 1 heterocycles. The highest BCUT2D eigenvalue weighted by molar-refractivity contribution is 7.99. The summed E-state index contributed by atoms with van der Waals surface area (Å²) < 4.78 is 0. The molecular weight excluding hydrogens is 264 g/mol. The number of thioether (sulfide) groups is 1. The maximum atomic E-state index is 12.1. The SMILES string of the molecule is Cc1ccc(C(=O)O)cc1NC(=O)C1CSCCN1. The van der Waals surface area contributed by atoms with Gasteiger partial charge in [-0.2, -0.15) is 11.8 Å². The van der Waals surface area contributed by atoms with Crippen LogP contribution < -0.4 is 10.6 Å². The monoisotopic (exact) mass is 280 g/mol. The van der Waals surface area contributed by atoms with Crippen LogP contribution in [0.4, 0.5) is 5.69 Å². The summed E-state index contributed by atoms with van der Waals surface area (Å²) >= 11 is 1.74. The lowest BCUT2D eigenvalue weighted by Crippen LogP contribution is -2.46. The van der Waals surface area contributed by atoms with E-state index in [9.17, 15) is 9.59 Å². The Bertz CT molecular complexity index is 499. The number of carboxylic acid groups (broad SMARTS) is 1. The highest BCUT2D eigenvalue weighted by Crippen LogP contribution is 2.18. The van der Waals surface area contributed by atoms with E-state index in [1.807, 2.05) is 6.92 Å². The third kappa shape index (κ3) is 3.48. The number of amides is 1. The number of hydrogen-bond acceptors (Lipinski definition) is 4. The van der Waals surface area contributed by atoms with Gasteiger partial charge in [0.2, 0.25) is 5.91 Å². The van der Waals surface area contributed by atoms with Crippen molar-refractivity contribution in [2.75, 3.05) is 23.4 Å². The predicted molar refractivity (Wildman–Crippen MR) is 75.9 cm³/mol. The van der Waals surface area contributed by atoms with Crippen LogP contribution in [0, 0.1) is 6.92 Å². The Balaban J connectivity index is 2.11. The summed E-state index contributed by atoms with van der Waals surface area (Å²) in [5.41, 5.74) is 1.58. The molecule has 1 aliphatic heterocycles. The van der Waals surface area contributed by atoms with E-state index >= 15 is 0 Å². The van der Waals surface area contributed by atoms with Gasteiger partial charge in [-0.3, -0.25) is 4.79 Å². The number of aromatic carboxylic acids is 1. The van der Waals surface area contributed by atoms with Gasteiger partial charge in [0.1, 0.15) is 0 Å². The zero-order valence-electron chi connectivity index (χ0n) is 10.6. The summed E-state index contributed by atoms with van der Waals surface area (Å²) in [6, 6.07) is 4.50. The molecule has 5 nitrogen and oxygen atoms in total. The Hall–Kier alpha value is -1.53. The van der Waals surface area contributed by atoms with Crippen LogP contribution in [0.3, 0.4) is 0 Å². The first-order valence-corrected chi connectivity index (χ1v) is 7.19. The fourth-order valence-corrected chi connectivity index (χ4v) is 2.78. The van der Waals surface area contributed by atoms with Crippen molar-refractivity contribution in [3.63, 3.8) is 0 Å². The molecule has 1 aromatic rings. The molecule has 1 aromatic carbocycles. The molecule has 1 saturated heterocycles. The van der Waals surface area contributed by atoms with Crippen LogP contribution in [0.5, 0.6) is 0 Å². The molecular formula is C13H16N2O3S. The maximum absolute atomic E-state index is 12.1. The number of carbonyl (C=O) groups is 2. The number of benzene rings is 1. The number of carbonyl (C=O) groups excluding carboxylic acids is 1. The molecule has 0 bridgehead atoms. The number of carboxylic acids is 1. The van der Waals surface area contributed by atoms with Gasteiger partial charge in [-0.1, -0.05) is 6.07 Å². The predicted octanol–water partition coefficient (Wildman–Crippen LogP) is 1.34. The van der Waals surface area contributed by atoms with Gasteiger partial charge in [-0.15, -0.1) is 0 Å². The van der Waals surface area contributed by atoms with Crippen molar-refractivity contribution < 1.29 is 14.7 Å². The number of anilines is 1. The molecule has 102 valence electrons. The van der Waals surface area contributed by atoms with Crippen LogP contribution in [-0.4, -0.2) is 41.1 Å². The standard InChI is InChI=1S/C13H16N2O3S/c1-8-2-3-9(13(17)18)6-10(8)15-12(16)11-7-19-5-4-14-11/h2-3,6,11,14H,4-5,7H2,1H3,(H,15,16)(H,17,18). The largest absolute Gasteiger partial charge is 0.478 e. The third-order valence-electron chi connectivity index (χ3n) is 2.98. The molecule has 3 N–H and O–H groups in total. The van der Waals surface area contributed by atoms with Crippen molar-refractivity contribution in [1.29, 1.82) is 0 Å². The third-order valence-corrected chi connectivity index (χ3v) is 4.04. The fraction of sp³-hybridized carbons (Fsp3) is 0.385. The van der Waals surface area contributed by atoms with E-state index in [0.717, 1.165) is 23.6 Å². The van der Waals surface area contributed by atoms with E-state index in [0.29, 0.717) is 5.69 Å². The molecule has 0 spiro atoms. The molecule has 0 aliphatic carbocycles. The quantitative estimate of drug-likeness (QED) is 0.778. The van der Waals surface area contributed by atoms with Crippen LogP contribution in [0.2, 0.25) is 0 Å². The Morgan fingerprint density at radius 3 is 2.89 bits per heavy atom. The summed E-state index contributed by atoms with van der Waals surface area (Å²) in [5.74, 6) is 0.639. The average Bonchev–Trinajstić information content (AvgIpc) is 2.42. The van der Waals surface area contributed by atoms with Crippen molar-refractivity contribution in [2.45, 2.75) is 13.0 Å². The maximum Gasteiger partial charge on any atom is 0.335 e. The van der Waals surface area contributed by atoms with E-state index in [-0.39, 0.29) is 17.5 Å². The molecule has 2 rings (SSSR count). The van der Waals surface area contributed by atoms with E-state index < -0.39 is 5.97 Å². The van der Waals surface area contributed by atoms with Crippen LogP contribution in [-0.2, 0) is 4.79 Å². The van der Waals surface area contributed by atoms with Gasteiger partial charge in [0.05, 0.1) is 11.6 Å². The lowest BCUT2D eigenvalue weighted by molar-refractivity contribution is -0.117. The first-order valence-electron chi connectivity index (χ1n) is 6.04. The van der Waals surface area contributed by atoms with E-state index in [1.165, 1.54) is 12.1 Å².